The van der Waals surface area contributed by atoms with Crippen LogP contribution in [0.4, 0.5) is 0 Å². The van der Waals surface area contributed by atoms with E-state index in [4.69, 9.17) is 4.42 Å². The highest BCUT2D eigenvalue weighted by Crippen LogP contribution is 2.33. The van der Waals surface area contributed by atoms with Gasteiger partial charge in [0.15, 0.2) is 5.65 Å². The van der Waals surface area contributed by atoms with Gasteiger partial charge >= 0.3 is 0 Å². The molecule has 162 valence electrons. The molecule has 0 saturated carbocycles. The largest absolute Gasteiger partial charge is 0.472 e. The van der Waals surface area contributed by atoms with Crippen molar-refractivity contribution in [2.75, 3.05) is 6.54 Å². The molecule has 0 amide bonds. The number of H-pyrrole nitrogens is 2. The first-order valence-corrected chi connectivity index (χ1v) is 10.8. The van der Waals surface area contributed by atoms with Crippen LogP contribution in [0, 0.1) is 0 Å². The summed E-state index contributed by atoms with van der Waals surface area (Å²) in [5, 5.41) is 12.9. The van der Waals surface area contributed by atoms with E-state index in [9.17, 15) is 0 Å². The molecule has 6 aromatic rings. The van der Waals surface area contributed by atoms with Gasteiger partial charge in [-0.15, -0.1) is 0 Å². The molecular weight excluding hydrogens is 414 g/mol. The zero-order valence-electron chi connectivity index (χ0n) is 18.0. The van der Waals surface area contributed by atoms with E-state index >= 15 is 0 Å². The van der Waals surface area contributed by atoms with Gasteiger partial charge in [-0.25, -0.2) is 4.98 Å². The third kappa shape index (κ3) is 3.46. The summed E-state index contributed by atoms with van der Waals surface area (Å²) in [6.07, 6.45) is 10.7. The molecule has 6 aromatic heterocycles. The van der Waals surface area contributed by atoms with Gasteiger partial charge in [0, 0.05) is 64.3 Å². The molecule has 0 aliphatic rings. The van der Waals surface area contributed by atoms with Gasteiger partial charge in [0.2, 0.25) is 0 Å². The Bertz CT molecular complexity index is 1560. The van der Waals surface area contributed by atoms with Crippen LogP contribution in [0.15, 0.2) is 72.1 Å². The monoisotopic (exact) mass is 435 g/mol. The number of furan rings is 1. The highest BCUT2D eigenvalue weighted by atomic mass is 16.3. The molecule has 8 heteroatoms. The first kappa shape index (κ1) is 19.4. The van der Waals surface area contributed by atoms with Crippen molar-refractivity contribution in [3.63, 3.8) is 0 Å². The molecule has 0 unspecified atom stereocenters. The molecule has 6 rings (SSSR count). The number of nitrogens with zero attached hydrogens (tertiary/aromatic N) is 4. The van der Waals surface area contributed by atoms with Crippen LogP contribution in [0.2, 0.25) is 0 Å². The smallest absolute Gasteiger partial charge is 0.155 e. The average molecular weight is 435 g/mol. The number of hydrogen-bond donors (Lipinski definition) is 3. The van der Waals surface area contributed by atoms with Crippen LogP contribution in [0.1, 0.15) is 12.5 Å². The highest BCUT2D eigenvalue weighted by Gasteiger charge is 2.16. The van der Waals surface area contributed by atoms with Gasteiger partial charge in [-0.1, -0.05) is 6.92 Å². The first-order chi connectivity index (χ1) is 16.3. The third-order valence-electron chi connectivity index (χ3n) is 5.72. The molecule has 8 nitrogen and oxygen atoms in total. The summed E-state index contributed by atoms with van der Waals surface area (Å²) < 4.78 is 5.25. The maximum atomic E-state index is 5.25. The zero-order valence-corrected chi connectivity index (χ0v) is 18.0. The van der Waals surface area contributed by atoms with Gasteiger partial charge < -0.3 is 14.7 Å². The molecular formula is C25H21N7O. The summed E-state index contributed by atoms with van der Waals surface area (Å²) >= 11 is 0. The summed E-state index contributed by atoms with van der Waals surface area (Å²) in [5.74, 6) is 0. The van der Waals surface area contributed by atoms with E-state index in [2.05, 4.69) is 60.6 Å². The quantitative estimate of drug-likeness (QED) is 0.342. The van der Waals surface area contributed by atoms with Crippen molar-refractivity contribution in [3.05, 3.63) is 73.2 Å². The van der Waals surface area contributed by atoms with E-state index in [-0.39, 0.29) is 0 Å². The minimum absolute atomic E-state index is 0.734. The van der Waals surface area contributed by atoms with Gasteiger partial charge in [-0.05, 0) is 42.4 Å². The Balaban J connectivity index is 1.44. The summed E-state index contributed by atoms with van der Waals surface area (Å²) in [4.78, 5) is 17.1. The molecule has 0 radical (unpaired) electrons. The molecule has 0 atom stereocenters. The standard InChI is InChI=1S/C25H21N7O/c1-2-26-10-15-7-17(12-27-11-15)18-8-20-24(31-32-25(20)29-13-18)22-9-19-21(30-22)3-5-28-23(19)16-4-6-33-14-16/h3-9,11-14,26,30H,2,10H2,1H3,(H,29,31,32). The molecule has 6 heterocycles. The topological polar surface area (TPSA) is 108 Å². The van der Waals surface area contributed by atoms with Crippen molar-refractivity contribution in [3.8, 4) is 33.8 Å². The zero-order chi connectivity index (χ0) is 22.2. The Morgan fingerprint density at radius 1 is 0.939 bits per heavy atom. The molecule has 0 aliphatic carbocycles. The summed E-state index contributed by atoms with van der Waals surface area (Å²) in [6.45, 7) is 3.79. The second-order valence-electron chi connectivity index (χ2n) is 7.87. The number of pyridine rings is 3. The van der Waals surface area contributed by atoms with Gasteiger partial charge in [0.1, 0.15) is 5.69 Å². The van der Waals surface area contributed by atoms with E-state index in [0.717, 1.165) is 74.4 Å². The van der Waals surface area contributed by atoms with Crippen LogP contribution >= 0.6 is 0 Å². The van der Waals surface area contributed by atoms with Crippen molar-refractivity contribution >= 4 is 21.9 Å². The lowest BCUT2D eigenvalue weighted by molar-refractivity contribution is 0.568. The van der Waals surface area contributed by atoms with Crippen LogP contribution in [0.25, 0.3) is 55.7 Å². The third-order valence-corrected chi connectivity index (χ3v) is 5.72. The maximum Gasteiger partial charge on any atom is 0.155 e. The number of nitrogens with one attached hydrogen (secondary N) is 3. The highest BCUT2D eigenvalue weighted by molar-refractivity contribution is 5.99. The van der Waals surface area contributed by atoms with Gasteiger partial charge in [0.05, 0.1) is 23.9 Å². The van der Waals surface area contributed by atoms with E-state index in [1.54, 1.807) is 18.7 Å². The Hall–Kier alpha value is -4.30. The molecule has 0 spiro atoms. The van der Waals surface area contributed by atoms with Crippen LogP contribution in [0.5, 0.6) is 0 Å². The minimum atomic E-state index is 0.734. The summed E-state index contributed by atoms with van der Waals surface area (Å²) in [6, 6.07) is 10.2. The molecule has 0 aliphatic heterocycles. The molecule has 0 fully saturated rings. The van der Waals surface area contributed by atoms with Crippen molar-refractivity contribution in [1.82, 2.24) is 35.5 Å². The van der Waals surface area contributed by atoms with Crippen molar-refractivity contribution < 1.29 is 4.42 Å². The first-order valence-electron chi connectivity index (χ1n) is 10.8. The van der Waals surface area contributed by atoms with Crippen LogP contribution in [0.3, 0.4) is 0 Å². The van der Waals surface area contributed by atoms with Gasteiger partial charge in [-0.3, -0.25) is 15.1 Å². The fraction of sp³-hybridized carbons (Fsp3) is 0.120. The number of rotatable bonds is 6. The number of aromatic nitrogens is 6. The van der Waals surface area contributed by atoms with Crippen LogP contribution in [-0.4, -0.2) is 36.7 Å². The van der Waals surface area contributed by atoms with E-state index in [0.29, 0.717) is 0 Å². The Morgan fingerprint density at radius 2 is 1.88 bits per heavy atom. The second-order valence-corrected chi connectivity index (χ2v) is 7.87. The van der Waals surface area contributed by atoms with E-state index in [1.807, 2.05) is 30.7 Å². The Morgan fingerprint density at radius 3 is 2.76 bits per heavy atom. The van der Waals surface area contributed by atoms with Crippen molar-refractivity contribution in [2.45, 2.75) is 13.5 Å². The maximum absolute atomic E-state index is 5.25. The molecule has 33 heavy (non-hydrogen) atoms. The molecule has 0 saturated heterocycles. The summed E-state index contributed by atoms with van der Waals surface area (Å²) in [7, 11) is 0. The van der Waals surface area contributed by atoms with Crippen molar-refractivity contribution in [1.29, 1.82) is 0 Å². The van der Waals surface area contributed by atoms with E-state index in [1.165, 1.54) is 0 Å². The molecule has 3 N–H and O–H groups in total. The second kappa shape index (κ2) is 7.99. The Labute approximate surface area is 189 Å². The van der Waals surface area contributed by atoms with Crippen LogP contribution in [-0.2, 0) is 6.54 Å². The minimum Gasteiger partial charge on any atom is -0.472 e. The lowest BCUT2D eigenvalue weighted by atomic mass is 10.1. The Kier molecular flexibility index (Phi) is 4.70. The predicted molar refractivity (Wildman–Crippen MR) is 127 cm³/mol. The fourth-order valence-electron chi connectivity index (χ4n) is 4.09. The number of hydrogen-bond acceptors (Lipinski definition) is 6. The lowest BCUT2D eigenvalue weighted by Crippen LogP contribution is -2.11. The average Bonchev–Trinajstić information content (AvgIpc) is 3.61. The predicted octanol–water partition coefficient (Wildman–Crippen LogP) is 4.93. The van der Waals surface area contributed by atoms with Crippen LogP contribution < -0.4 is 5.32 Å². The number of fused-ring (bicyclic) bond motifs is 2. The van der Waals surface area contributed by atoms with Gasteiger partial charge in [0.25, 0.3) is 0 Å². The number of aromatic amines is 2. The van der Waals surface area contributed by atoms with E-state index < -0.39 is 0 Å². The summed E-state index contributed by atoms with van der Waals surface area (Å²) in [5.41, 5.74) is 8.38. The SMILES string of the molecule is CCNCc1cncc(-c2cnc3[nH]nc(-c4cc5c(-c6ccoc6)nccc5[nH]4)c3c2)c1. The molecule has 0 aromatic carbocycles. The van der Waals surface area contributed by atoms with Gasteiger partial charge in [-0.2, -0.15) is 5.10 Å². The normalized spacial score (nSPS) is 11.5. The molecule has 0 bridgehead atoms. The van der Waals surface area contributed by atoms with Crippen molar-refractivity contribution in [2.24, 2.45) is 0 Å². The lowest BCUT2D eigenvalue weighted by Gasteiger charge is -2.05. The fourth-order valence-corrected chi connectivity index (χ4v) is 4.09.